The Labute approximate surface area is 332 Å². The van der Waals surface area contributed by atoms with E-state index >= 15 is 0 Å². The van der Waals surface area contributed by atoms with Crippen molar-refractivity contribution in [2.24, 2.45) is 0 Å². The molecule has 6 nitrogen and oxygen atoms in total. The summed E-state index contributed by atoms with van der Waals surface area (Å²) in [6, 6.07) is 34.7. The van der Waals surface area contributed by atoms with Crippen molar-refractivity contribution in [3.05, 3.63) is 166 Å². The first-order chi connectivity index (χ1) is 24.8. The molecule has 0 saturated heterocycles. The molecule has 0 amide bonds. The van der Waals surface area contributed by atoms with Gasteiger partial charge in [-0.2, -0.15) is 0 Å². The van der Waals surface area contributed by atoms with Crippen LogP contribution in [0.3, 0.4) is 0 Å². The van der Waals surface area contributed by atoms with Crippen LogP contribution in [0.5, 0.6) is 0 Å². The number of benzene rings is 4. The van der Waals surface area contributed by atoms with Gasteiger partial charge in [-0.1, -0.05) is 203 Å². The Bertz CT molecular complexity index is 2160. The second-order valence-corrected chi connectivity index (χ2v) is 15.9. The Morgan fingerprint density at radius 3 is 1.35 bits per heavy atom. The van der Waals surface area contributed by atoms with Crippen LogP contribution in [-0.2, 0) is 7.59 Å². The van der Waals surface area contributed by atoms with E-state index < -0.39 is 7.59 Å². The highest BCUT2D eigenvalue weighted by molar-refractivity contribution is 6.66. The summed E-state index contributed by atoms with van der Waals surface area (Å²) in [5.74, 6) is 0.486. The third kappa shape index (κ3) is 12.2. The molecule has 2 aromatic heterocycles. The largest absolute Gasteiger partial charge is 0.417 e. The molecule has 0 aliphatic heterocycles. The first kappa shape index (κ1) is 39.1. The van der Waals surface area contributed by atoms with Gasteiger partial charge < -0.3 is 8.83 Å². The summed E-state index contributed by atoms with van der Waals surface area (Å²) in [7, 11) is 0. The molecule has 4 aromatic carbocycles. The Hall–Kier alpha value is -4.14. The summed E-state index contributed by atoms with van der Waals surface area (Å²) in [6.45, 7) is 3.94. The van der Waals surface area contributed by atoms with Gasteiger partial charge in [-0.15, -0.1) is 20.4 Å². The minimum Gasteiger partial charge on any atom is -0.417 e. The maximum Gasteiger partial charge on any atom is 0.268 e. The lowest BCUT2D eigenvalue weighted by molar-refractivity contribution is 0.490. The van der Waals surface area contributed by atoms with Gasteiger partial charge in [-0.25, -0.2) is 0 Å². The molecule has 0 unspecified atom stereocenters. The summed E-state index contributed by atoms with van der Waals surface area (Å²) in [5.41, 5.74) is 8.58. The van der Waals surface area contributed by atoms with E-state index in [9.17, 15) is 0 Å². The molecule has 0 spiro atoms. The van der Waals surface area contributed by atoms with Gasteiger partial charge in [0.2, 0.25) is 11.8 Å². The van der Waals surface area contributed by atoms with Crippen LogP contribution in [-0.4, -0.2) is 20.4 Å². The molecule has 0 aliphatic carbocycles. The first-order valence-corrected chi connectivity index (χ1v) is 17.9. The van der Waals surface area contributed by atoms with E-state index in [1.807, 2.05) is 85.8 Å². The van der Waals surface area contributed by atoms with Crippen LogP contribution < -0.4 is 0 Å². The molecule has 0 saturated carbocycles. The van der Waals surface area contributed by atoms with Crippen molar-refractivity contribution in [1.29, 1.82) is 0 Å². The van der Waals surface area contributed by atoms with Crippen LogP contribution in [0.15, 0.2) is 112 Å². The van der Waals surface area contributed by atoms with Crippen LogP contribution in [0.25, 0.3) is 48.1 Å². The van der Waals surface area contributed by atoms with Gasteiger partial charge in [0, 0.05) is 11.6 Å². The average molecular weight is 811 g/mol. The van der Waals surface area contributed by atoms with Gasteiger partial charge in [0.05, 0.1) is 0 Å². The van der Waals surface area contributed by atoms with Crippen molar-refractivity contribution >= 4 is 118 Å². The van der Waals surface area contributed by atoms with Crippen molar-refractivity contribution in [1.82, 2.24) is 20.4 Å². The van der Waals surface area contributed by atoms with E-state index in [-0.39, 0.29) is 17.7 Å². The number of hydrogen-bond donors (Lipinski definition) is 0. The molecule has 0 bridgehead atoms. The summed E-state index contributed by atoms with van der Waals surface area (Å²) in [5, 5.41) is 15.2. The van der Waals surface area contributed by atoms with E-state index in [1.54, 1.807) is 6.08 Å². The fraction of sp³-hybridized carbons (Fsp3) is 0.100. The van der Waals surface area contributed by atoms with Crippen LogP contribution in [0.4, 0.5) is 0 Å². The second kappa shape index (κ2) is 18.1. The minimum atomic E-state index is -1.72. The molecule has 6 aromatic rings. The molecule has 264 valence electrons. The van der Waals surface area contributed by atoms with Gasteiger partial charge in [0.25, 0.3) is 19.4 Å². The molecule has 2 heterocycles. The highest BCUT2D eigenvalue weighted by atomic mass is 35.6. The smallest absolute Gasteiger partial charge is 0.268 e. The number of aromatic nitrogens is 4. The molecular weight excluding hydrogens is 781 g/mol. The minimum absolute atomic E-state index is 0.0494. The zero-order chi connectivity index (χ0) is 37.1. The zero-order valence-electron chi connectivity index (χ0n) is 27.7. The lowest BCUT2D eigenvalue weighted by atomic mass is 10.1. The quantitative estimate of drug-likeness (QED) is 0.113. The van der Waals surface area contributed by atoms with Gasteiger partial charge in [0.15, 0.2) is 0 Å². The third-order valence-corrected chi connectivity index (χ3v) is 8.15. The number of rotatable bonds is 8. The fourth-order valence-electron chi connectivity index (χ4n) is 4.44. The number of nitrogens with zero attached hydrogens (tertiary/aromatic N) is 4. The Balaban J connectivity index is 0.000000201. The number of hydrogen-bond acceptors (Lipinski definition) is 6. The van der Waals surface area contributed by atoms with Crippen LogP contribution in [0.2, 0.25) is 0 Å². The molecule has 0 fully saturated rings. The number of halogens is 6. The maximum absolute atomic E-state index is 5.74. The Kier molecular flexibility index (Phi) is 13.6. The molecular formula is C40H30Cl6N4O2. The standard InChI is InChI=1S/2C20H15Cl3N2O/c1-14-2-4-15(5-3-14)6-7-16-8-10-17(11-9-16)12-13-18-24-25-19(26-18)20(21,22)23;1-14(18-24-25-19(26-18)20(21,22)23)13-17-11-9-16(10-12-17)8-7-15-5-3-2-4-6-15/h2*2-13H,1H3. The third-order valence-electron chi connectivity index (χ3n) is 7.18. The number of aryl methyl sites for hydroxylation is 1. The first-order valence-electron chi connectivity index (χ1n) is 15.7. The summed E-state index contributed by atoms with van der Waals surface area (Å²) in [6.07, 6.45) is 13.8. The molecule has 12 heteroatoms. The lowest BCUT2D eigenvalue weighted by Crippen LogP contribution is -1.99. The van der Waals surface area contributed by atoms with E-state index in [0.717, 1.165) is 33.4 Å². The van der Waals surface area contributed by atoms with Crippen molar-refractivity contribution in [3.8, 4) is 0 Å². The molecule has 0 N–H and O–H groups in total. The van der Waals surface area contributed by atoms with Gasteiger partial charge in [-0.05, 0) is 59.4 Å². The highest BCUT2D eigenvalue weighted by Gasteiger charge is 2.31. The Morgan fingerprint density at radius 2 is 0.885 bits per heavy atom. The lowest BCUT2D eigenvalue weighted by Gasteiger charge is -2.02. The molecule has 0 atom stereocenters. The number of alkyl halides is 6. The normalized spacial score (nSPS) is 12.5. The van der Waals surface area contributed by atoms with Crippen molar-refractivity contribution in [2.45, 2.75) is 21.4 Å². The van der Waals surface area contributed by atoms with E-state index in [2.05, 4.69) is 88.0 Å². The van der Waals surface area contributed by atoms with Gasteiger partial charge >= 0.3 is 0 Å². The molecule has 0 radical (unpaired) electrons. The number of allylic oxidation sites excluding steroid dienone is 1. The van der Waals surface area contributed by atoms with Crippen LogP contribution in [0, 0.1) is 6.92 Å². The van der Waals surface area contributed by atoms with E-state index in [1.165, 1.54) is 11.1 Å². The van der Waals surface area contributed by atoms with Crippen molar-refractivity contribution in [2.75, 3.05) is 0 Å². The highest BCUT2D eigenvalue weighted by Crippen LogP contribution is 2.38. The summed E-state index contributed by atoms with van der Waals surface area (Å²) < 4.78 is 7.23. The summed E-state index contributed by atoms with van der Waals surface area (Å²) >= 11 is 34.3. The second-order valence-electron chi connectivity index (χ2n) is 11.3. The van der Waals surface area contributed by atoms with Gasteiger partial charge in [0.1, 0.15) is 0 Å². The SMILES string of the molecule is CC(=Cc1ccc(C=Cc2ccccc2)cc1)c1nnc(C(Cl)(Cl)Cl)o1.Cc1ccc(C=Cc2ccc(C=Cc3nnc(C(Cl)(Cl)Cl)o3)cc2)cc1. The topological polar surface area (TPSA) is 77.8 Å². The monoisotopic (exact) mass is 808 g/mol. The van der Waals surface area contributed by atoms with Crippen molar-refractivity contribution < 1.29 is 8.83 Å². The van der Waals surface area contributed by atoms with E-state index in [0.29, 0.717) is 5.89 Å². The Morgan fingerprint density at radius 1 is 0.481 bits per heavy atom. The van der Waals surface area contributed by atoms with Gasteiger partial charge in [-0.3, -0.25) is 0 Å². The zero-order valence-corrected chi connectivity index (χ0v) is 32.3. The van der Waals surface area contributed by atoms with E-state index in [4.69, 9.17) is 78.4 Å². The summed E-state index contributed by atoms with van der Waals surface area (Å²) in [4.78, 5) is 0. The predicted octanol–water partition coefficient (Wildman–Crippen LogP) is 13.2. The molecule has 52 heavy (non-hydrogen) atoms. The maximum atomic E-state index is 5.74. The van der Waals surface area contributed by atoms with Crippen LogP contribution >= 0.6 is 69.6 Å². The molecule has 6 rings (SSSR count). The van der Waals surface area contributed by atoms with Crippen molar-refractivity contribution in [3.63, 3.8) is 0 Å². The fourth-order valence-corrected chi connectivity index (χ4v) is 4.90. The molecule has 0 aliphatic rings. The average Bonchev–Trinajstić information content (AvgIpc) is 3.83. The van der Waals surface area contributed by atoms with Crippen LogP contribution in [0.1, 0.15) is 69.4 Å². The predicted molar refractivity (Wildman–Crippen MR) is 218 cm³/mol.